The molecule has 0 aliphatic rings. The lowest BCUT2D eigenvalue weighted by molar-refractivity contribution is -0.131. The van der Waals surface area contributed by atoms with E-state index in [9.17, 15) is 9.59 Å². The van der Waals surface area contributed by atoms with Crippen molar-refractivity contribution in [2.75, 3.05) is 6.54 Å². The molecule has 0 radical (unpaired) electrons. The molecule has 0 unspecified atom stereocenters. The maximum Gasteiger partial charge on any atom is 0.224 e. The van der Waals surface area contributed by atoms with Gasteiger partial charge in [0.1, 0.15) is 0 Å². The molecule has 0 atom stereocenters. The minimum absolute atomic E-state index is 0.0389. The summed E-state index contributed by atoms with van der Waals surface area (Å²) in [7, 11) is 0. The lowest BCUT2D eigenvalue weighted by atomic mass is 10.2. The van der Waals surface area contributed by atoms with E-state index >= 15 is 0 Å². The van der Waals surface area contributed by atoms with E-state index in [0.29, 0.717) is 36.5 Å². The van der Waals surface area contributed by atoms with E-state index in [2.05, 4.69) is 5.10 Å². The largest absolute Gasteiger partial charge is 0.339 e. The van der Waals surface area contributed by atoms with Crippen molar-refractivity contribution in [2.24, 2.45) is 0 Å². The van der Waals surface area contributed by atoms with Crippen LogP contribution in [0, 0.1) is 0 Å². The van der Waals surface area contributed by atoms with Gasteiger partial charge in [-0.2, -0.15) is 5.10 Å². The zero-order chi connectivity index (χ0) is 18.5. The summed E-state index contributed by atoms with van der Waals surface area (Å²) in [4.78, 5) is 26.3. The number of hydrogen-bond donors (Lipinski definition) is 0. The summed E-state index contributed by atoms with van der Waals surface area (Å²) in [6.45, 7) is 3.51. The third-order valence-electron chi connectivity index (χ3n) is 4.30. The summed E-state index contributed by atoms with van der Waals surface area (Å²) in [5.74, 6) is 0.0389. The average molecular weight is 370 g/mol. The summed E-state index contributed by atoms with van der Waals surface area (Å²) in [5.41, 5.74) is 1.63. The van der Waals surface area contributed by atoms with Gasteiger partial charge in [0.2, 0.25) is 11.3 Å². The number of carbonyl (C=O) groups excluding carboxylic acids is 1. The molecule has 1 heterocycles. The lowest BCUT2D eigenvalue weighted by Gasteiger charge is -2.21. The molecule has 0 aliphatic heterocycles. The van der Waals surface area contributed by atoms with Gasteiger partial charge in [-0.1, -0.05) is 35.9 Å². The number of aryl methyl sites for hydroxylation is 1. The quantitative estimate of drug-likeness (QED) is 0.668. The van der Waals surface area contributed by atoms with Crippen LogP contribution in [0.25, 0.3) is 10.9 Å². The molecule has 5 nitrogen and oxygen atoms in total. The van der Waals surface area contributed by atoms with Crippen LogP contribution in [0.4, 0.5) is 0 Å². The van der Waals surface area contributed by atoms with Gasteiger partial charge in [0.25, 0.3) is 0 Å². The summed E-state index contributed by atoms with van der Waals surface area (Å²) in [5, 5.41) is 5.45. The van der Waals surface area contributed by atoms with Crippen molar-refractivity contribution in [3.63, 3.8) is 0 Å². The molecule has 3 aromatic rings. The van der Waals surface area contributed by atoms with Crippen LogP contribution in [0.2, 0.25) is 5.02 Å². The molecular weight excluding hydrogens is 350 g/mol. The first-order valence-corrected chi connectivity index (χ1v) is 8.93. The van der Waals surface area contributed by atoms with E-state index < -0.39 is 0 Å². The number of aromatic nitrogens is 2. The van der Waals surface area contributed by atoms with Crippen molar-refractivity contribution in [1.82, 2.24) is 14.7 Å². The van der Waals surface area contributed by atoms with Crippen molar-refractivity contribution >= 4 is 28.4 Å². The van der Waals surface area contributed by atoms with E-state index in [1.807, 2.05) is 49.4 Å². The molecule has 1 aromatic heterocycles. The van der Waals surface area contributed by atoms with Gasteiger partial charge < -0.3 is 4.90 Å². The van der Waals surface area contributed by atoms with Crippen molar-refractivity contribution in [3.8, 4) is 0 Å². The van der Waals surface area contributed by atoms with Crippen molar-refractivity contribution in [3.05, 3.63) is 75.5 Å². The van der Waals surface area contributed by atoms with Gasteiger partial charge in [-0.05, 0) is 36.8 Å². The molecule has 0 saturated carbocycles. The monoisotopic (exact) mass is 369 g/mol. The van der Waals surface area contributed by atoms with E-state index in [0.717, 1.165) is 11.1 Å². The first-order valence-electron chi connectivity index (χ1n) is 8.55. The van der Waals surface area contributed by atoms with Crippen LogP contribution in [-0.4, -0.2) is 27.1 Å². The molecule has 3 rings (SSSR count). The third-order valence-corrected chi connectivity index (χ3v) is 4.53. The lowest BCUT2D eigenvalue weighted by Crippen LogP contribution is -2.31. The molecule has 0 spiro atoms. The topological polar surface area (TPSA) is 55.2 Å². The Labute approximate surface area is 156 Å². The molecule has 6 heteroatoms. The molecule has 1 amide bonds. The first kappa shape index (κ1) is 18.1. The van der Waals surface area contributed by atoms with Crippen LogP contribution in [0.1, 0.15) is 18.9 Å². The van der Waals surface area contributed by atoms with E-state index in [4.69, 9.17) is 11.6 Å². The molecule has 0 fully saturated rings. The van der Waals surface area contributed by atoms with Gasteiger partial charge >= 0.3 is 0 Å². The van der Waals surface area contributed by atoms with Gasteiger partial charge in [-0.15, -0.1) is 0 Å². The Balaban J connectivity index is 1.71. The fraction of sp³-hybridized carbons (Fsp3) is 0.250. The smallest absolute Gasteiger partial charge is 0.224 e. The zero-order valence-corrected chi connectivity index (χ0v) is 15.3. The molecular formula is C20H20ClN3O2. The Morgan fingerprint density at radius 1 is 1.19 bits per heavy atom. The van der Waals surface area contributed by atoms with Gasteiger partial charge in [0, 0.05) is 29.9 Å². The molecule has 0 saturated heterocycles. The third kappa shape index (κ3) is 4.11. The number of para-hydroxylation sites is 1. The number of halogens is 1. The van der Waals surface area contributed by atoms with Crippen molar-refractivity contribution in [1.29, 1.82) is 0 Å². The fourth-order valence-electron chi connectivity index (χ4n) is 2.93. The first-order chi connectivity index (χ1) is 12.6. The standard InChI is InChI=1S/C20H20ClN3O2/c1-2-23(14-15-6-5-7-16(21)12-15)20(26)10-11-24-18-9-4-3-8-17(18)19(25)13-22-24/h3-9,12-13H,2,10-11,14H2,1H3. The summed E-state index contributed by atoms with van der Waals surface area (Å²) in [6.07, 6.45) is 1.62. The molecule has 0 aliphatic carbocycles. The fourth-order valence-corrected chi connectivity index (χ4v) is 3.14. The van der Waals surface area contributed by atoms with Crippen LogP contribution in [-0.2, 0) is 17.9 Å². The predicted molar refractivity (Wildman–Crippen MR) is 103 cm³/mol. The van der Waals surface area contributed by atoms with Gasteiger partial charge in [-0.25, -0.2) is 0 Å². The second kappa shape index (κ2) is 8.15. The highest BCUT2D eigenvalue weighted by molar-refractivity contribution is 6.30. The number of fused-ring (bicyclic) bond motifs is 1. The number of nitrogens with zero attached hydrogens (tertiary/aromatic N) is 3. The minimum Gasteiger partial charge on any atom is -0.339 e. The Hall–Kier alpha value is -2.66. The van der Waals surface area contributed by atoms with Crippen LogP contribution >= 0.6 is 11.6 Å². The minimum atomic E-state index is -0.112. The van der Waals surface area contributed by atoms with Crippen molar-refractivity contribution < 1.29 is 4.79 Å². The van der Waals surface area contributed by atoms with Gasteiger partial charge in [0.05, 0.1) is 18.3 Å². The second-order valence-electron chi connectivity index (χ2n) is 6.04. The van der Waals surface area contributed by atoms with Gasteiger partial charge in [-0.3, -0.25) is 14.3 Å². The van der Waals surface area contributed by atoms with Crippen LogP contribution < -0.4 is 5.43 Å². The molecule has 2 aromatic carbocycles. The Bertz CT molecular complexity index is 984. The van der Waals surface area contributed by atoms with E-state index in [-0.39, 0.29) is 11.3 Å². The number of carbonyl (C=O) groups is 1. The summed E-state index contributed by atoms with van der Waals surface area (Å²) < 4.78 is 1.71. The highest BCUT2D eigenvalue weighted by Crippen LogP contribution is 2.14. The Morgan fingerprint density at radius 2 is 2.00 bits per heavy atom. The SMILES string of the molecule is CCN(Cc1cccc(Cl)c1)C(=O)CCn1ncc(=O)c2ccccc21. The maximum absolute atomic E-state index is 12.6. The molecule has 26 heavy (non-hydrogen) atoms. The van der Waals surface area contributed by atoms with Crippen LogP contribution in [0.5, 0.6) is 0 Å². The average Bonchev–Trinajstić information content (AvgIpc) is 2.65. The molecule has 0 bridgehead atoms. The molecule has 134 valence electrons. The summed E-state index contributed by atoms with van der Waals surface area (Å²) in [6, 6.07) is 14.8. The highest BCUT2D eigenvalue weighted by atomic mass is 35.5. The predicted octanol–water partition coefficient (Wildman–Crippen LogP) is 3.49. The number of amides is 1. The number of benzene rings is 2. The Morgan fingerprint density at radius 3 is 2.77 bits per heavy atom. The van der Waals surface area contributed by atoms with Crippen LogP contribution in [0.3, 0.4) is 0 Å². The zero-order valence-electron chi connectivity index (χ0n) is 14.6. The number of rotatable bonds is 6. The van der Waals surface area contributed by atoms with E-state index in [1.165, 1.54) is 6.20 Å². The second-order valence-corrected chi connectivity index (χ2v) is 6.47. The molecule has 0 N–H and O–H groups in total. The highest BCUT2D eigenvalue weighted by Gasteiger charge is 2.13. The van der Waals surface area contributed by atoms with Crippen molar-refractivity contribution in [2.45, 2.75) is 26.4 Å². The Kier molecular flexibility index (Phi) is 5.68. The number of hydrogen-bond acceptors (Lipinski definition) is 3. The normalized spacial score (nSPS) is 10.8. The summed E-state index contributed by atoms with van der Waals surface area (Å²) >= 11 is 6.02. The van der Waals surface area contributed by atoms with E-state index in [1.54, 1.807) is 15.6 Å². The van der Waals surface area contributed by atoms with Gasteiger partial charge in [0.15, 0.2) is 0 Å². The van der Waals surface area contributed by atoms with Crippen LogP contribution in [0.15, 0.2) is 59.5 Å². The maximum atomic E-state index is 12.6.